The van der Waals surface area contributed by atoms with Gasteiger partial charge in [-0.2, -0.15) is 0 Å². The van der Waals surface area contributed by atoms with Crippen molar-refractivity contribution in [3.8, 4) is 0 Å². The quantitative estimate of drug-likeness (QED) is 0.615. The molecule has 0 aromatic carbocycles. The molecule has 3 nitrogen and oxygen atoms in total. The van der Waals surface area contributed by atoms with Gasteiger partial charge in [-0.15, -0.1) is 0 Å². The first-order valence-corrected chi connectivity index (χ1v) is 3.55. The molecule has 0 heterocycles. The van der Waals surface area contributed by atoms with Crippen molar-refractivity contribution >= 4 is 17.5 Å². The van der Waals surface area contributed by atoms with E-state index in [1.807, 2.05) is 0 Å². The molecular formula is C6H12ClNO2. The Bertz CT molecular complexity index is 108. The zero-order valence-corrected chi connectivity index (χ0v) is 6.73. The molecule has 0 bridgehead atoms. The second kappa shape index (κ2) is 5.50. The van der Waals surface area contributed by atoms with Gasteiger partial charge in [-0.3, -0.25) is 4.79 Å². The first-order valence-electron chi connectivity index (χ1n) is 3.12. The summed E-state index contributed by atoms with van der Waals surface area (Å²) in [5.41, 5.74) is 4.61. The number of primary amides is 1. The fraction of sp³-hybridized carbons (Fsp3) is 0.833. The summed E-state index contributed by atoms with van der Waals surface area (Å²) in [4.78, 5) is 10.2. The molecule has 0 aliphatic rings. The van der Waals surface area contributed by atoms with Gasteiger partial charge in [0.2, 0.25) is 5.91 Å². The number of alkyl halides is 1. The summed E-state index contributed by atoms with van der Waals surface area (Å²) in [7, 11) is 1.53. The van der Waals surface area contributed by atoms with Crippen molar-refractivity contribution in [3.63, 3.8) is 0 Å². The minimum Gasteiger partial charge on any atom is -0.370 e. The van der Waals surface area contributed by atoms with Crippen molar-refractivity contribution in [2.75, 3.05) is 7.11 Å². The van der Waals surface area contributed by atoms with Gasteiger partial charge in [0.05, 0.1) is 0 Å². The highest BCUT2D eigenvalue weighted by Crippen LogP contribution is 2.06. The van der Waals surface area contributed by atoms with E-state index in [4.69, 9.17) is 22.1 Å². The van der Waals surface area contributed by atoms with Gasteiger partial charge in [0.1, 0.15) is 5.56 Å². The van der Waals surface area contributed by atoms with Gasteiger partial charge in [-0.25, -0.2) is 0 Å². The van der Waals surface area contributed by atoms with Crippen LogP contribution < -0.4 is 5.73 Å². The van der Waals surface area contributed by atoms with E-state index in [1.165, 1.54) is 7.11 Å². The Kier molecular flexibility index (Phi) is 5.35. The number of halogens is 1. The van der Waals surface area contributed by atoms with E-state index < -0.39 is 0 Å². The van der Waals surface area contributed by atoms with Gasteiger partial charge < -0.3 is 10.5 Å². The Hall–Kier alpha value is -0.280. The monoisotopic (exact) mass is 165 g/mol. The number of ether oxygens (including phenoxy) is 1. The predicted octanol–water partition coefficient (Wildman–Crippen LogP) is 0.853. The number of carbonyl (C=O) groups excluding carboxylic acids is 1. The summed E-state index contributed by atoms with van der Waals surface area (Å²) >= 11 is 5.57. The van der Waals surface area contributed by atoms with Gasteiger partial charge in [0.15, 0.2) is 0 Å². The van der Waals surface area contributed by atoms with Crippen LogP contribution in [0.15, 0.2) is 0 Å². The molecule has 0 aromatic heterocycles. The minimum atomic E-state index is -0.292. The largest absolute Gasteiger partial charge is 0.370 e. The molecule has 0 rings (SSSR count). The molecular weight excluding hydrogens is 154 g/mol. The molecule has 0 radical (unpaired) electrons. The molecule has 1 atom stereocenters. The average molecular weight is 166 g/mol. The zero-order chi connectivity index (χ0) is 7.98. The van der Waals surface area contributed by atoms with E-state index in [9.17, 15) is 4.79 Å². The van der Waals surface area contributed by atoms with Crippen LogP contribution in [0.1, 0.15) is 19.3 Å². The Morgan fingerprint density at radius 2 is 2.40 bits per heavy atom. The molecule has 10 heavy (non-hydrogen) atoms. The van der Waals surface area contributed by atoms with E-state index in [0.717, 1.165) is 0 Å². The van der Waals surface area contributed by atoms with E-state index in [2.05, 4.69) is 0 Å². The van der Waals surface area contributed by atoms with E-state index in [0.29, 0.717) is 19.3 Å². The SMILES string of the molecule is COC(Cl)CCCC(N)=O. The van der Waals surface area contributed by atoms with Crippen LogP contribution in [0.4, 0.5) is 0 Å². The summed E-state index contributed by atoms with van der Waals surface area (Å²) in [6.07, 6.45) is 1.74. The molecule has 0 spiro atoms. The van der Waals surface area contributed by atoms with Crippen LogP contribution >= 0.6 is 11.6 Å². The first kappa shape index (κ1) is 9.72. The standard InChI is InChI=1S/C6H12ClNO2/c1-10-5(7)3-2-4-6(8)9/h5H,2-4H2,1H3,(H2,8,9). The number of methoxy groups -OCH3 is 1. The van der Waals surface area contributed by atoms with Crippen LogP contribution in [-0.4, -0.2) is 18.6 Å². The van der Waals surface area contributed by atoms with Gasteiger partial charge in [0.25, 0.3) is 0 Å². The zero-order valence-electron chi connectivity index (χ0n) is 5.97. The number of carbonyl (C=O) groups is 1. The molecule has 1 amide bonds. The van der Waals surface area contributed by atoms with E-state index in [1.54, 1.807) is 0 Å². The molecule has 1 unspecified atom stereocenters. The van der Waals surface area contributed by atoms with Crippen molar-refractivity contribution in [2.24, 2.45) is 5.73 Å². The van der Waals surface area contributed by atoms with E-state index >= 15 is 0 Å². The smallest absolute Gasteiger partial charge is 0.217 e. The van der Waals surface area contributed by atoms with Crippen LogP contribution in [0.2, 0.25) is 0 Å². The maximum Gasteiger partial charge on any atom is 0.217 e. The van der Waals surface area contributed by atoms with Crippen LogP contribution in [0, 0.1) is 0 Å². The van der Waals surface area contributed by atoms with Gasteiger partial charge in [-0.1, -0.05) is 11.6 Å². The van der Waals surface area contributed by atoms with Gasteiger partial charge >= 0.3 is 0 Å². The van der Waals surface area contributed by atoms with Crippen molar-refractivity contribution in [1.82, 2.24) is 0 Å². The lowest BCUT2D eigenvalue weighted by molar-refractivity contribution is -0.118. The lowest BCUT2D eigenvalue weighted by atomic mass is 10.2. The Morgan fingerprint density at radius 1 is 1.80 bits per heavy atom. The molecule has 4 heteroatoms. The van der Waals surface area contributed by atoms with Crippen molar-refractivity contribution in [3.05, 3.63) is 0 Å². The third-order valence-electron chi connectivity index (χ3n) is 1.11. The fourth-order valence-corrected chi connectivity index (χ4v) is 0.709. The lowest BCUT2D eigenvalue weighted by Crippen LogP contribution is -2.11. The Labute approximate surface area is 65.5 Å². The molecule has 0 fully saturated rings. The highest BCUT2D eigenvalue weighted by Gasteiger charge is 2.01. The number of rotatable bonds is 5. The average Bonchev–Trinajstić information content (AvgIpc) is 1.87. The second-order valence-electron chi connectivity index (χ2n) is 2.00. The Morgan fingerprint density at radius 3 is 2.80 bits per heavy atom. The lowest BCUT2D eigenvalue weighted by Gasteiger charge is -2.04. The summed E-state index contributed by atoms with van der Waals surface area (Å²) in [6, 6.07) is 0. The second-order valence-corrected chi connectivity index (χ2v) is 2.49. The molecule has 0 aliphatic heterocycles. The molecule has 0 saturated heterocycles. The molecule has 60 valence electrons. The highest BCUT2D eigenvalue weighted by atomic mass is 35.5. The van der Waals surface area contributed by atoms with Gasteiger partial charge in [-0.05, 0) is 12.8 Å². The molecule has 0 aromatic rings. The van der Waals surface area contributed by atoms with Crippen molar-refractivity contribution in [1.29, 1.82) is 0 Å². The predicted molar refractivity (Wildman–Crippen MR) is 39.7 cm³/mol. The van der Waals surface area contributed by atoms with Gasteiger partial charge in [0, 0.05) is 13.5 Å². The fourth-order valence-electron chi connectivity index (χ4n) is 0.555. The molecule has 2 N–H and O–H groups in total. The third-order valence-corrected chi connectivity index (χ3v) is 1.51. The number of hydrogen-bond acceptors (Lipinski definition) is 2. The van der Waals surface area contributed by atoms with Crippen LogP contribution in [-0.2, 0) is 9.53 Å². The Balaban J connectivity index is 3.11. The third kappa shape index (κ3) is 5.85. The number of amides is 1. The van der Waals surface area contributed by atoms with Crippen LogP contribution in [0.3, 0.4) is 0 Å². The topological polar surface area (TPSA) is 52.3 Å². The molecule has 0 saturated carbocycles. The summed E-state index contributed by atoms with van der Waals surface area (Å²) in [5, 5.41) is 0. The van der Waals surface area contributed by atoms with Crippen molar-refractivity contribution in [2.45, 2.75) is 24.8 Å². The highest BCUT2D eigenvalue weighted by molar-refractivity contribution is 6.19. The molecule has 0 aliphatic carbocycles. The number of nitrogens with two attached hydrogens (primary N) is 1. The summed E-state index contributed by atoms with van der Waals surface area (Å²) < 4.78 is 4.75. The summed E-state index contributed by atoms with van der Waals surface area (Å²) in [5.74, 6) is -0.292. The maximum absolute atomic E-state index is 10.2. The van der Waals surface area contributed by atoms with Crippen molar-refractivity contribution < 1.29 is 9.53 Å². The normalized spacial score (nSPS) is 13.0. The first-order chi connectivity index (χ1) is 4.66. The van der Waals surface area contributed by atoms with Crippen LogP contribution in [0.5, 0.6) is 0 Å². The minimum absolute atomic E-state index is 0.292. The summed E-state index contributed by atoms with van der Waals surface area (Å²) in [6.45, 7) is 0. The van der Waals surface area contributed by atoms with E-state index in [-0.39, 0.29) is 11.5 Å². The maximum atomic E-state index is 10.2. The van der Waals surface area contributed by atoms with Crippen LogP contribution in [0.25, 0.3) is 0 Å². The number of hydrogen-bond donors (Lipinski definition) is 1.